The first-order valence-corrected chi connectivity index (χ1v) is 5.65. The molecule has 4 nitrogen and oxygen atoms in total. The van der Waals surface area contributed by atoms with Crippen molar-refractivity contribution < 1.29 is 23.1 Å². The minimum absolute atomic E-state index is 0. The van der Waals surface area contributed by atoms with Gasteiger partial charge in [-0.15, -0.1) is 12.4 Å². The highest BCUT2D eigenvalue weighted by Gasteiger charge is 2.58. The van der Waals surface area contributed by atoms with Crippen LogP contribution in [0.5, 0.6) is 0 Å². The summed E-state index contributed by atoms with van der Waals surface area (Å²) >= 11 is 0. The van der Waals surface area contributed by atoms with E-state index in [1.54, 1.807) is 0 Å². The van der Waals surface area contributed by atoms with Crippen LogP contribution in [-0.2, 0) is 4.79 Å². The number of β-amino-alcohol motifs (C(OH)–C–C–N with tert-alkyl or cyclic N) is 1. The van der Waals surface area contributed by atoms with Gasteiger partial charge in [0.05, 0.1) is 12.6 Å². The topological polar surface area (TPSA) is 52.6 Å². The monoisotopic (exact) mass is 288 g/mol. The van der Waals surface area contributed by atoms with Gasteiger partial charge in [-0.3, -0.25) is 4.79 Å². The SMILES string of the molecule is Cl.O=C(C1CCCN1)N1CCC(O)(C(F)(F)F)C1. The summed E-state index contributed by atoms with van der Waals surface area (Å²) in [7, 11) is 0. The van der Waals surface area contributed by atoms with Gasteiger partial charge in [-0.05, 0) is 19.4 Å². The Labute approximate surface area is 109 Å². The molecule has 0 aromatic heterocycles. The van der Waals surface area contributed by atoms with Crippen molar-refractivity contribution in [3.63, 3.8) is 0 Å². The Kier molecular flexibility index (Phi) is 4.51. The van der Waals surface area contributed by atoms with Gasteiger partial charge < -0.3 is 15.3 Å². The highest BCUT2D eigenvalue weighted by molar-refractivity contribution is 5.85. The largest absolute Gasteiger partial charge is 0.419 e. The van der Waals surface area contributed by atoms with Gasteiger partial charge in [0.15, 0.2) is 5.60 Å². The fourth-order valence-corrected chi connectivity index (χ4v) is 2.33. The molecule has 8 heteroatoms. The van der Waals surface area contributed by atoms with E-state index in [4.69, 9.17) is 0 Å². The maximum Gasteiger partial charge on any atom is 0.419 e. The van der Waals surface area contributed by atoms with Crippen LogP contribution in [0.1, 0.15) is 19.3 Å². The third kappa shape index (κ3) is 2.73. The summed E-state index contributed by atoms with van der Waals surface area (Å²) in [6.45, 7) is 0.0360. The van der Waals surface area contributed by atoms with Gasteiger partial charge in [0.1, 0.15) is 0 Å². The highest BCUT2D eigenvalue weighted by Crippen LogP contribution is 2.37. The normalized spacial score (nSPS) is 32.4. The highest BCUT2D eigenvalue weighted by atomic mass is 35.5. The molecule has 2 saturated heterocycles. The van der Waals surface area contributed by atoms with Crippen molar-refractivity contribution in [3.8, 4) is 0 Å². The molecule has 2 heterocycles. The van der Waals surface area contributed by atoms with Crippen LogP contribution >= 0.6 is 12.4 Å². The number of likely N-dealkylation sites (tertiary alicyclic amines) is 1. The van der Waals surface area contributed by atoms with Crippen molar-refractivity contribution in [3.05, 3.63) is 0 Å². The molecule has 2 unspecified atom stereocenters. The van der Waals surface area contributed by atoms with E-state index in [2.05, 4.69) is 5.32 Å². The van der Waals surface area contributed by atoms with Gasteiger partial charge >= 0.3 is 6.18 Å². The molecular weight excluding hydrogens is 273 g/mol. The Hall–Kier alpha value is -0.530. The number of nitrogens with one attached hydrogen (secondary N) is 1. The fourth-order valence-electron chi connectivity index (χ4n) is 2.33. The first-order chi connectivity index (χ1) is 7.83. The molecule has 0 spiro atoms. The molecular formula is C10H16ClF3N2O2. The van der Waals surface area contributed by atoms with E-state index >= 15 is 0 Å². The molecule has 0 aromatic carbocycles. The number of aliphatic hydroxyl groups is 1. The van der Waals surface area contributed by atoms with Crippen LogP contribution < -0.4 is 5.32 Å². The Bertz CT molecular complexity index is 321. The minimum atomic E-state index is -4.68. The first kappa shape index (κ1) is 15.5. The minimum Gasteiger partial charge on any atom is -0.379 e. The van der Waals surface area contributed by atoms with Gasteiger partial charge in [-0.25, -0.2) is 0 Å². The van der Waals surface area contributed by atoms with Crippen LogP contribution in [0.2, 0.25) is 0 Å². The van der Waals surface area contributed by atoms with Crippen LogP contribution in [0.15, 0.2) is 0 Å². The summed E-state index contributed by atoms with van der Waals surface area (Å²) < 4.78 is 37.7. The van der Waals surface area contributed by atoms with Crippen LogP contribution in [-0.4, -0.2) is 53.4 Å². The summed E-state index contributed by atoms with van der Waals surface area (Å²) in [5, 5.41) is 12.4. The number of hydrogen-bond donors (Lipinski definition) is 2. The molecule has 2 rings (SSSR count). The van der Waals surface area contributed by atoms with Gasteiger partial charge in [-0.2, -0.15) is 13.2 Å². The predicted octanol–water partition coefficient (Wildman–Crippen LogP) is 0.686. The number of rotatable bonds is 1. The molecule has 0 saturated carbocycles. The van der Waals surface area contributed by atoms with Gasteiger partial charge in [0, 0.05) is 13.0 Å². The summed E-state index contributed by atoms with van der Waals surface area (Å²) in [5.74, 6) is -0.331. The molecule has 1 amide bonds. The van der Waals surface area contributed by atoms with Crippen molar-refractivity contribution in [1.29, 1.82) is 0 Å². The molecule has 2 N–H and O–H groups in total. The molecule has 2 aliphatic heterocycles. The molecule has 2 fully saturated rings. The average molecular weight is 289 g/mol. The zero-order chi connectivity index (χ0) is 12.7. The Morgan fingerprint density at radius 2 is 2.11 bits per heavy atom. The standard InChI is InChI=1S/C10H15F3N2O2.ClH/c11-10(12,13)9(17)3-5-15(6-9)8(16)7-2-1-4-14-7;/h7,14,17H,1-6H2;1H. The molecule has 2 aliphatic rings. The van der Waals surface area contributed by atoms with Crippen molar-refractivity contribution in [2.45, 2.75) is 37.1 Å². The second-order valence-corrected chi connectivity index (χ2v) is 4.69. The number of carbonyl (C=O) groups excluding carboxylic acids is 1. The average Bonchev–Trinajstić information content (AvgIpc) is 2.84. The second kappa shape index (κ2) is 5.22. The van der Waals surface area contributed by atoms with Crippen LogP contribution in [0.3, 0.4) is 0 Å². The lowest BCUT2D eigenvalue weighted by Gasteiger charge is -2.26. The number of carbonyl (C=O) groups is 1. The van der Waals surface area contributed by atoms with E-state index in [0.717, 1.165) is 11.3 Å². The lowest BCUT2D eigenvalue weighted by molar-refractivity contribution is -0.253. The summed E-state index contributed by atoms with van der Waals surface area (Å²) in [4.78, 5) is 13.0. The third-order valence-electron chi connectivity index (χ3n) is 3.45. The summed E-state index contributed by atoms with van der Waals surface area (Å²) in [6.07, 6.45) is -3.60. The lowest BCUT2D eigenvalue weighted by Crippen LogP contribution is -2.50. The molecule has 106 valence electrons. The maximum absolute atomic E-state index is 12.6. The fraction of sp³-hybridized carbons (Fsp3) is 0.900. The lowest BCUT2D eigenvalue weighted by atomic mass is 10.0. The zero-order valence-corrected chi connectivity index (χ0v) is 10.5. The number of hydrogen-bond acceptors (Lipinski definition) is 3. The number of amides is 1. The smallest absolute Gasteiger partial charge is 0.379 e. The van der Waals surface area contributed by atoms with Crippen molar-refractivity contribution in [2.75, 3.05) is 19.6 Å². The van der Waals surface area contributed by atoms with Crippen LogP contribution in [0.25, 0.3) is 0 Å². The number of nitrogens with zero attached hydrogens (tertiary/aromatic N) is 1. The third-order valence-corrected chi connectivity index (χ3v) is 3.45. The van der Waals surface area contributed by atoms with E-state index in [1.165, 1.54) is 0 Å². The second-order valence-electron chi connectivity index (χ2n) is 4.69. The Morgan fingerprint density at radius 1 is 1.44 bits per heavy atom. The molecule has 18 heavy (non-hydrogen) atoms. The van der Waals surface area contributed by atoms with Crippen LogP contribution in [0.4, 0.5) is 13.2 Å². The van der Waals surface area contributed by atoms with Gasteiger partial charge in [-0.1, -0.05) is 0 Å². The Balaban J connectivity index is 0.00000162. The number of halogens is 4. The molecule has 2 atom stereocenters. The zero-order valence-electron chi connectivity index (χ0n) is 9.66. The molecule has 0 bridgehead atoms. The molecule has 0 radical (unpaired) electrons. The maximum atomic E-state index is 12.6. The molecule has 0 aliphatic carbocycles. The first-order valence-electron chi connectivity index (χ1n) is 5.65. The van der Waals surface area contributed by atoms with Crippen LogP contribution in [0, 0.1) is 0 Å². The van der Waals surface area contributed by atoms with Gasteiger partial charge in [0.2, 0.25) is 5.91 Å². The van der Waals surface area contributed by atoms with Crippen molar-refractivity contribution in [2.24, 2.45) is 0 Å². The van der Waals surface area contributed by atoms with E-state index < -0.39 is 24.7 Å². The van der Waals surface area contributed by atoms with Crippen molar-refractivity contribution >= 4 is 18.3 Å². The van der Waals surface area contributed by atoms with E-state index in [0.29, 0.717) is 13.0 Å². The van der Waals surface area contributed by atoms with E-state index in [9.17, 15) is 23.1 Å². The Morgan fingerprint density at radius 3 is 2.56 bits per heavy atom. The number of alkyl halides is 3. The van der Waals surface area contributed by atoms with E-state index in [-0.39, 0.29) is 30.9 Å². The molecule has 0 aromatic rings. The van der Waals surface area contributed by atoms with Gasteiger partial charge in [0.25, 0.3) is 0 Å². The summed E-state index contributed by atoms with van der Waals surface area (Å²) in [6, 6.07) is -0.384. The summed E-state index contributed by atoms with van der Waals surface area (Å²) in [5.41, 5.74) is -2.73. The van der Waals surface area contributed by atoms with Crippen molar-refractivity contribution in [1.82, 2.24) is 10.2 Å². The quantitative estimate of drug-likeness (QED) is 0.746. The van der Waals surface area contributed by atoms with E-state index in [1.807, 2.05) is 0 Å². The predicted molar refractivity (Wildman–Crippen MR) is 60.5 cm³/mol.